The topological polar surface area (TPSA) is 112 Å². The summed E-state index contributed by atoms with van der Waals surface area (Å²) < 4.78 is 34.1. The molecule has 0 unspecified atom stereocenters. The van der Waals surface area contributed by atoms with Gasteiger partial charge in [0.1, 0.15) is 22.6 Å². The first-order valence-electron chi connectivity index (χ1n) is 12.7. The van der Waals surface area contributed by atoms with Gasteiger partial charge in [-0.15, -0.1) is 11.3 Å². The molecule has 1 fully saturated rings. The molecule has 1 N–H and O–H groups in total. The van der Waals surface area contributed by atoms with Crippen LogP contribution in [0.2, 0.25) is 0 Å². The first-order chi connectivity index (χ1) is 18.1. The molecule has 1 saturated heterocycles. The summed E-state index contributed by atoms with van der Waals surface area (Å²) in [7, 11) is -3.76. The highest BCUT2D eigenvalue weighted by Crippen LogP contribution is 2.41. The molecule has 0 saturated carbocycles. The third-order valence-electron chi connectivity index (χ3n) is 6.80. The van der Waals surface area contributed by atoms with Crippen molar-refractivity contribution in [1.82, 2.24) is 14.6 Å². The van der Waals surface area contributed by atoms with Gasteiger partial charge in [0.05, 0.1) is 16.5 Å². The zero-order chi connectivity index (χ0) is 27.0. The van der Waals surface area contributed by atoms with Crippen molar-refractivity contribution in [3.8, 4) is 32.8 Å². The second-order valence-electron chi connectivity index (χ2n) is 10.3. The van der Waals surface area contributed by atoms with Crippen molar-refractivity contribution in [2.45, 2.75) is 45.8 Å². The Hall–Kier alpha value is -3.26. The van der Waals surface area contributed by atoms with Gasteiger partial charge >= 0.3 is 0 Å². The lowest BCUT2D eigenvalue weighted by molar-refractivity contribution is -0.134. The molecule has 1 amide bonds. The van der Waals surface area contributed by atoms with E-state index in [1.807, 2.05) is 51.2 Å². The van der Waals surface area contributed by atoms with Gasteiger partial charge in [0, 0.05) is 30.9 Å². The van der Waals surface area contributed by atoms with Crippen molar-refractivity contribution in [3.63, 3.8) is 0 Å². The highest BCUT2D eigenvalue weighted by Gasteiger charge is 2.33. The van der Waals surface area contributed by atoms with Crippen LogP contribution in [-0.4, -0.2) is 49.2 Å². The number of rotatable bonds is 8. The largest absolute Gasteiger partial charge is 0.490 e. The number of nitriles is 1. The molecule has 3 aromatic rings. The fourth-order valence-electron chi connectivity index (χ4n) is 5.06. The van der Waals surface area contributed by atoms with E-state index in [1.54, 1.807) is 17.0 Å². The Morgan fingerprint density at radius 2 is 2.08 bits per heavy atom. The number of ether oxygens (including phenoxy) is 1. The Morgan fingerprint density at radius 3 is 2.79 bits per heavy atom. The summed E-state index contributed by atoms with van der Waals surface area (Å²) in [5.41, 5.74) is 4.36. The van der Waals surface area contributed by atoms with Crippen LogP contribution in [0.25, 0.3) is 21.0 Å². The number of benzene rings is 2. The first-order valence-corrected chi connectivity index (χ1v) is 15.2. The fraction of sp³-hybridized carbons (Fsp3) is 0.393. The quantitative estimate of drug-likeness (QED) is 0.441. The average Bonchev–Trinajstić information content (AvgIpc) is 3.49. The van der Waals surface area contributed by atoms with E-state index in [0.717, 1.165) is 38.6 Å². The van der Waals surface area contributed by atoms with Crippen molar-refractivity contribution in [2.75, 3.05) is 18.8 Å². The van der Waals surface area contributed by atoms with Crippen molar-refractivity contribution >= 4 is 27.3 Å². The highest BCUT2D eigenvalue weighted by molar-refractivity contribution is 7.90. The fourth-order valence-corrected chi connectivity index (χ4v) is 7.30. The Balaban J connectivity index is 1.34. The normalized spacial score (nSPS) is 17.2. The average molecular weight is 551 g/mol. The van der Waals surface area contributed by atoms with E-state index in [2.05, 4.69) is 15.8 Å². The molecule has 1 atom stereocenters. The van der Waals surface area contributed by atoms with Gasteiger partial charge in [-0.25, -0.2) is 18.1 Å². The van der Waals surface area contributed by atoms with Crippen LogP contribution in [0.1, 0.15) is 49.9 Å². The molecule has 0 bridgehead atoms. The number of thiazole rings is 1. The van der Waals surface area contributed by atoms with Crippen molar-refractivity contribution in [3.05, 3.63) is 59.3 Å². The van der Waals surface area contributed by atoms with E-state index in [9.17, 15) is 18.5 Å². The molecule has 8 nitrogen and oxygen atoms in total. The maximum atomic E-state index is 12.8. The van der Waals surface area contributed by atoms with Crippen LogP contribution < -0.4 is 9.46 Å². The summed E-state index contributed by atoms with van der Waals surface area (Å²) in [6.45, 7) is 7.12. The molecular weight excluding hydrogens is 520 g/mol. The molecule has 198 valence electrons. The second-order valence-corrected chi connectivity index (χ2v) is 13.0. The van der Waals surface area contributed by atoms with Gasteiger partial charge in [-0.3, -0.25) is 4.79 Å². The molecule has 1 aliphatic heterocycles. The molecule has 10 heteroatoms. The predicted octanol–water partition coefficient (Wildman–Crippen LogP) is 4.52. The number of carbonyl (C=O) groups excluding carboxylic acids is 1. The minimum absolute atomic E-state index is 0.0299. The van der Waals surface area contributed by atoms with Crippen LogP contribution >= 0.6 is 11.3 Å². The van der Waals surface area contributed by atoms with Crippen LogP contribution in [0.5, 0.6) is 5.75 Å². The second kappa shape index (κ2) is 10.5. The summed E-state index contributed by atoms with van der Waals surface area (Å²) in [5.74, 6) is 0.116. The molecule has 2 heterocycles. The number of nitrogens with zero attached hydrogens (tertiary/aromatic N) is 3. The molecule has 38 heavy (non-hydrogen) atoms. The molecule has 0 radical (unpaired) electrons. The van der Waals surface area contributed by atoms with E-state index >= 15 is 0 Å². The number of nitrogens with one attached hydrogen (secondary N) is 1. The third-order valence-corrected chi connectivity index (χ3v) is 9.15. The van der Waals surface area contributed by atoms with E-state index < -0.39 is 15.8 Å². The van der Waals surface area contributed by atoms with Gasteiger partial charge in [-0.2, -0.15) is 5.26 Å². The summed E-state index contributed by atoms with van der Waals surface area (Å²) in [5, 5.41) is 10.4. The van der Waals surface area contributed by atoms with Crippen molar-refractivity contribution in [2.24, 2.45) is 5.92 Å². The highest BCUT2D eigenvalue weighted by atomic mass is 32.2. The van der Waals surface area contributed by atoms with Crippen molar-refractivity contribution in [1.29, 1.82) is 5.26 Å². The summed E-state index contributed by atoms with van der Waals surface area (Å²) in [4.78, 5) is 19.5. The number of hydrogen-bond acceptors (Lipinski definition) is 7. The molecule has 2 aliphatic rings. The number of amides is 1. The van der Waals surface area contributed by atoms with Gasteiger partial charge in [-0.1, -0.05) is 25.1 Å². The third kappa shape index (κ3) is 5.46. The number of sulfonamides is 1. The maximum absolute atomic E-state index is 12.8. The maximum Gasteiger partial charge on any atom is 0.239 e. The standard InChI is InChI=1S/C28H30N4O4S2/c1-17(2)36-25-10-7-19(11-20(25)12-29)28-30-13-26(37-28)23-6-4-5-22-21(23)8-9-24(22)31-38(34,35)16-27(33)32-14-18(3)15-32/h4-7,10-11,13,17-18,24,31H,8-9,14-16H2,1-3H3/t24-/m1/s1. The Bertz CT molecular complexity index is 1520. The molecule has 5 rings (SSSR count). The van der Waals surface area contributed by atoms with E-state index in [1.165, 1.54) is 11.3 Å². The van der Waals surface area contributed by atoms with Gasteiger partial charge in [-0.05, 0) is 67.5 Å². The van der Waals surface area contributed by atoms with Crippen LogP contribution in [0.3, 0.4) is 0 Å². The van der Waals surface area contributed by atoms with E-state index in [-0.39, 0.29) is 18.1 Å². The minimum Gasteiger partial charge on any atom is -0.490 e. The Morgan fingerprint density at radius 1 is 1.29 bits per heavy atom. The SMILES string of the molecule is CC1CN(C(=O)CS(=O)(=O)N[C@@H]2CCc3c(-c4cnc(-c5ccc(OC(C)C)c(C#N)c5)s4)cccc32)C1. The zero-order valence-corrected chi connectivity index (χ0v) is 23.2. The summed E-state index contributed by atoms with van der Waals surface area (Å²) >= 11 is 1.53. The molecule has 1 aliphatic carbocycles. The molecular formula is C28H30N4O4S2. The van der Waals surface area contributed by atoms with Gasteiger partial charge in [0.25, 0.3) is 0 Å². The molecule has 1 aromatic heterocycles. The number of aromatic nitrogens is 1. The first kappa shape index (κ1) is 26.4. The van der Waals surface area contributed by atoms with Crippen molar-refractivity contribution < 1.29 is 17.9 Å². The smallest absolute Gasteiger partial charge is 0.239 e. The lowest BCUT2D eigenvalue weighted by Crippen LogP contribution is -2.51. The van der Waals surface area contributed by atoms with Crippen LogP contribution in [0.15, 0.2) is 42.6 Å². The van der Waals surface area contributed by atoms with Gasteiger partial charge in [0.2, 0.25) is 15.9 Å². The zero-order valence-electron chi connectivity index (χ0n) is 21.6. The summed E-state index contributed by atoms with van der Waals surface area (Å²) in [6, 6.07) is 13.3. The number of carbonyl (C=O) groups is 1. The Labute approximate surface area is 227 Å². The molecule has 0 spiro atoms. The number of likely N-dealkylation sites (tertiary alicyclic amines) is 1. The summed E-state index contributed by atoms with van der Waals surface area (Å²) in [6.07, 6.45) is 3.15. The monoisotopic (exact) mass is 550 g/mol. The predicted molar refractivity (Wildman–Crippen MR) is 147 cm³/mol. The van der Waals surface area contributed by atoms with E-state index in [4.69, 9.17) is 4.74 Å². The van der Waals surface area contributed by atoms with Crippen LogP contribution in [0, 0.1) is 17.2 Å². The lowest BCUT2D eigenvalue weighted by atomic mass is 10.0. The van der Waals surface area contributed by atoms with Gasteiger partial charge < -0.3 is 9.64 Å². The Kier molecular flexibility index (Phi) is 7.27. The number of fused-ring (bicyclic) bond motifs is 1. The van der Waals surface area contributed by atoms with E-state index in [0.29, 0.717) is 36.7 Å². The lowest BCUT2D eigenvalue weighted by Gasteiger charge is -2.37. The van der Waals surface area contributed by atoms with Crippen LogP contribution in [-0.2, 0) is 21.2 Å². The molecule has 2 aromatic carbocycles. The van der Waals surface area contributed by atoms with Crippen LogP contribution in [0.4, 0.5) is 0 Å². The minimum atomic E-state index is -3.76. The number of hydrogen-bond donors (Lipinski definition) is 1. The van der Waals surface area contributed by atoms with Gasteiger partial charge in [0.15, 0.2) is 0 Å².